The standard InChI is InChI=1S/C16H15N5O6S2/c1-3-7-4-28-14-10(13(24)21(14)11(7)15(25)26)19-12(23)9(20-27-6(2)22)8-5-29-16(17)18-8/h3,5,10,14H,1,4H2,2H3,(H2,17,18)(H,19,23)(H,25,26)/t10-,14-/m1/s1. The second-order valence-corrected chi connectivity index (χ2v) is 7.83. The molecule has 0 aliphatic carbocycles. The Kier molecular flexibility index (Phi) is 5.70. The van der Waals surface area contributed by atoms with Gasteiger partial charge in [0.25, 0.3) is 11.8 Å². The zero-order chi connectivity index (χ0) is 21.3. The van der Waals surface area contributed by atoms with E-state index in [4.69, 9.17) is 5.73 Å². The highest BCUT2D eigenvalue weighted by Crippen LogP contribution is 2.40. The van der Waals surface area contributed by atoms with Gasteiger partial charge in [0, 0.05) is 18.1 Å². The summed E-state index contributed by atoms with van der Waals surface area (Å²) in [6, 6.07) is -0.980. The van der Waals surface area contributed by atoms with Crippen molar-refractivity contribution in [3.63, 3.8) is 0 Å². The molecule has 4 N–H and O–H groups in total. The highest BCUT2D eigenvalue weighted by atomic mass is 32.2. The molecule has 0 unspecified atom stereocenters. The molecule has 29 heavy (non-hydrogen) atoms. The molecule has 2 aliphatic rings. The summed E-state index contributed by atoms with van der Waals surface area (Å²) < 4.78 is 0. The summed E-state index contributed by atoms with van der Waals surface area (Å²) in [7, 11) is 0. The lowest BCUT2D eigenvalue weighted by molar-refractivity contribution is -0.150. The minimum atomic E-state index is -1.25. The van der Waals surface area contributed by atoms with Gasteiger partial charge in [0.2, 0.25) is 0 Å². The van der Waals surface area contributed by atoms with E-state index in [0.717, 1.165) is 23.2 Å². The van der Waals surface area contributed by atoms with Crippen LogP contribution in [-0.4, -0.2) is 61.6 Å². The van der Waals surface area contributed by atoms with Gasteiger partial charge in [-0.3, -0.25) is 14.5 Å². The van der Waals surface area contributed by atoms with Crippen LogP contribution >= 0.6 is 23.1 Å². The smallest absolute Gasteiger partial charge is 0.352 e. The molecule has 1 saturated heterocycles. The van der Waals surface area contributed by atoms with Gasteiger partial charge in [-0.1, -0.05) is 17.8 Å². The lowest BCUT2D eigenvalue weighted by Crippen LogP contribution is -2.71. The Bertz CT molecular complexity index is 984. The van der Waals surface area contributed by atoms with Crippen LogP contribution in [0.25, 0.3) is 0 Å². The number of allylic oxidation sites excluding steroid dienone is 1. The van der Waals surface area contributed by atoms with Crippen LogP contribution in [0, 0.1) is 0 Å². The third-order valence-electron chi connectivity index (χ3n) is 3.98. The number of oxime groups is 1. The van der Waals surface area contributed by atoms with Gasteiger partial charge in [0.15, 0.2) is 10.8 Å². The highest BCUT2D eigenvalue weighted by molar-refractivity contribution is 8.00. The maximum atomic E-state index is 12.7. The largest absolute Gasteiger partial charge is 0.477 e. The maximum absolute atomic E-state index is 12.7. The van der Waals surface area contributed by atoms with Crippen LogP contribution in [0.5, 0.6) is 0 Å². The molecule has 0 aromatic carbocycles. The Labute approximate surface area is 172 Å². The molecule has 3 rings (SSSR count). The van der Waals surface area contributed by atoms with E-state index in [0.29, 0.717) is 11.3 Å². The molecule has 2 aliphatic heterocycles. The van der Waals surface area contributed by atoms with Crippen molar-refractivity contribution >= 4 is 57.7 Å². The summed E-state index contributed by atoms with van der Waals surface area (Å²) in [6.45, 7) is 4.68. The van der Waals surface area contributed by atoms with Crippen molar-refractivity contribution in [2.45, 2.75) is 18.3 Å². The van der Waals surface area contributed by atoms with Crippen LogP contribution in [0.15, 0.2) is 34.5 Å². The first-order valence-corrected chi connectivity index (χ1v) is 9.98. The Morgan fingerprint density at radius 3 is 2.79 bits per heavy atom. The number of amides is 2. The van der Waals surface area contributed by atoms with Crippen molar-refractivity contribution in [1.82, 2.24) is 15.2 Å². The normalized spacial score (nSPS) is 21.2. The molecule has 2 atom stereocenters. The monoisotopic (exact) mass is 437 g/mol. The fourth-order valence-corrected chi connectivity index (χ4v) is 4.61. The number of hydrogen-bond acceptors (Lipinski definition) is 10. The molecule has 152 valence electrons. The van der Waals surface area contributed by atoms with Crippen LogP contribution in [-0.2, 0) is 24.0 Å². The van der Waals surface area contributed by atoms with Crippen molar-refractivity contribution < 1.29 is 29.1 Å². The number of carboxylic acids is 1. The average Bonchev–Trinajstić information content (AvgIpc) is 3.10. The number of aromatic nitrogens is 1. The van der Waals surface area contributed by atoms with Gasteiger partial charge in [-0.25, -0.2) is 14.6 Å². The van der Waals surface area contributed by atoms with Crippen molar-refractivity contribution in [3.8, 4) is 0 Å². The molecule has 1 aromatic heterocycles. The Balaban J connectivity index is 1.82. The van der Waals surface area contributed by atoms with Gasteiger partial charge in [-0.2, -0.15) is 0 Å². The van der Waals surface area contributed by atoms with Gasteiger partial charge in [0.05, 0.1) is 0 Å². The summed E-state index contributed by atoms with van der Waals surface area (Å²) in [5, 5.41) is 16.5. The van der Waals surface area contributed by atoms with Crippen molar-refractivity contribution in [2.24, 2.45) is 5.16 Å². The number of hydrogen-bond donors (Lipinski definition) is 3. The summed E-state index contributed by atoms with van der Waals surface area (Å²) in [5.74, 6) is -3.08. The molecular weight excluding hydrogens is 422 g/mol. The van der Waals surface area contributed by atoms with E-state index in [1.807, 2.05) is 0 Å². The zero-order valence-corrected chi connectivity index (χ0v) is 16.6. The number of anilines is 1. The minimum Gasteiger partial charge on any atom is -0.477 e. The van der Waals surface area contributed by atoms with E-state index in [9.17, 15) is 24.3 Å². The number of β-lactam (4-membered cyclic amide) rings is 1. The number of carbonyl (C=O) groups excluding carboxylic acids is 3. The predicted octanol–water partition coefficient (Wildman–Crippen LogP) is -0.0829. The molecule has 0 spiro atoms. The quantitative estimate of drug-likeness (QED) is 0.239. The number of carboxylic acid groups (broad SMARTS) is 1. The third kappa shape index (κ3) is 3.86. The van der Waals surface area contributed by atoms with Gasteiger partial charge >= 0.3 is 11.9 Å². The molecule has 1 fully saturated rings. The molecule has 0 bridgehead atoms. The number of nitrogens with one attached hydrogen (secondary N) is 1. The molecular formula is C16H15N5O6S2. The van der Waals surface area contributed by atoms with Crippen LogP contribution in [0.3, 0.4) is 0 Å². The van der Waals surface area contributed by atoms with Crippen molar-refractivity contribution in [1.29, 1.82) is 0 Å². The van der Waals surface area contributed by atoms with E-state index in [1.54, 1.807) is 0 Å². The predicted molar refractivity (Wildman–Crippen MR) is 105 cm³/mol. The Hall–Kier alpha value is -3.19. The topological polar surface area (TPSA) is 164 Å². The number of thiazole rings is 1. The second kappa shape index (κ2) is 8.05. The van der Waals surface area contributed by atoms with Crippen LogP contribution in [0.4, 0.5) is 5.13 Å². The fourth-order valence-electron chi connectivity index (χ4n) is 2.72. The van der Waals surface area contributed by atoms with E-state index in [2.05, 4.69) is 26.9 Å². The van der Waals surface area contributed by atoms with Crippen LogP contribution in [0.2, 0.25) is 0 Å². The maximum Gasteiger partial charge on any atom is 0.352 e. The van der Waals surface area contributed by atoms with Crippen molar-refractivity contribution in [2.75, 3.05) is 11.5 Å². The number of nitrogens with zero attached hydrogens (tertiary/aromatic N) is 3. The fraction of sp³-hybridized carbons (Fsp3) is 0.250. The highest BCUT2D eigenvalue weighted by Gasteiger charge is 2.54. The number of carbonyl (C=O) groups is 4. The van der Waals surface area contributed by atoms with E-state index >= 15 is 0 Å². The van der Waals surface area contributed by atoms with Gasteiger partial charge in [-0.05, 0) is 5.57 Å². The summed E-state index contributed by atoms with van der Waals surface area (Å²) in [6.07, 6.45) is 1.39. The molecule has 13 heteroatoms. The van der Waals surface area contributed by atoms with E-state index in [1.165, 1.54) is 23.2 Å². The van der Waals surface area contributed by atoms with E-state index in [-0.39, 0.29) is 22.2 Å². The third-order valence-corrected chi connectivity index (χ3v) is 5.95. The van der Waals surface area contributed by atoms with Crippen molar-refractivity contribution in [3.05, 3.63) is 35.0 Å². The first-order chi connectivity index (χ1) is 13.7. The van der Waals surface area contributed by atoms with Gasteiger partial charge in [-0.15, -0.1) is 23.1 Å². The lowest BCUT2D eigenvalue weighted by atomic mass is 10.0. The summed E-state index contributed by atoms with van der Waals surface area (Å²) in [4.78, 5) is 57.4. The first kappa shape index (κ1) is 20.5. The van der Waals surface area contributed by atoms with Crippen LogP contribution in [0.1, 0.15) is 12.6 Å². The average molecular weight is 437 g/mol. The lowest BCUT2D eigenvalue weighted by Gasteiger charge is -2.49. The molecule has 1 aromatic rings. The number of thioether (sulfide) groups is 1. The number of fused-ring (bicyclic) bond motifs is 1. The van der Waals surface area contributed by atoms with Gasteiger partial charge < -0.3 is 21.0 Å². The number of rotatable bonds is 6. The van der Waals surface area contributed by atoms with Crippen LogP contribution < -0.4 is 11.1 Å². The molecule has 11 nitrogen and oxygen atoms in total. The minimum absolute atomic E-state index is 0.0752. The number of aliphatic carboxylic acids is 1. The molecule has 2 amide bonds. The Morgan fingerprint density at radius 2 is 2.24 bits per heavy atom. The summed E-state index contributed by atoms with van der Waals surface area (Å²) >= 11 is 2.34. The number of nitrogens with two attached hydrogens (primary N) is 1. The molecule has 3 heterocycles. The molecule has 0 radical (unpaired) electrons. The SMILES string of the molecule is C=CC1=C(C(=O)O)N2C(=O)[C@@H](NC(=O)C(=NOC(C)=O)c3csc(N)n3)[C@H]2SC1. The first-order valence-electron chi connectivity index (χ1n) is 8.06. The van der Waals surface area contributed by atoms with E-state index < -0.39 is 35.2 Å². The second-order valence-electron chi connectivity index (χ2n) is 5.84. The number of nitrogen functional groups attached to an aromatic ring is 1. The summed E-state index contributed by atoms with van der Waals surface area (Å²) in [5.41, 5.74) is 5.58. The van der Waals surface area contributed by atoms with Gasteiger partial charge in [0.1, 0.15) is 22.8 Å². The Morgan fingerprint density at radius 1 is 1.52 bits per heavy atom. The zero-order valence-electron chi connectivity index (χ0n) is 14.9. The molecule has 0 saturated carbocycles.